The van der Waals surface area contributed by atoms with Crippen LogP contribution < -0.4 is 5.32 Å². The third-order valence-corrected chi connectivity index (χ3v) is 6.75. The number of sulfonamides is 1. The molecule has 2 atom stereocenters. The van der Waals surface area contributed by atoms with Crippen molar-refractivity contribution in [3.05, 3.63) is 0 Å². The van der Waals surface area contributed by atoms with E-state index in [0.717, 1.165) is 6.42 Å². The molecule has 2 saturated heterocycles. The van der Waals surface area contributed by atoms with E-state index in [1.165, 1.54) is 18.4 Å². The summed E-state index contributed by atoms with van der Waals surface area (Å²) in [7, 11) is -0.105. The van der Waals surface area contributed by atoms with Gasteiger partial charge in [0.1, 0.15) is 0 Å². The van der Waals surface area contributed by atoms with Crippen molar-refractivity contribution in [1.82, 2.24) is 14.5 Å². The first-order chi connectivity index (χ1) is 10.3. The van der Waals surface area contributed by atoms with Gasteiger partial charge in [-0.25, -0.2) is 12.7 Å². The molecule has 2 N–H and O–H groups in total. The Morgan fingerprint density at radius 3 is 2.82 bits per heavy atom. The van der Waals surface area contributed by atoms with Crippen molar-refractivity contribution >= 4 is 15.9 Å². The van der Waals surface area contributed by atoms with Crippen LogP contribution in [-0.4, -0.2) is 80.8 Å². The lowest BCUT2D eigenvalue weighted by molar-refractivity contribution is -0.149. The summed E-state index contributed by atoms with van der Waals surface area (Å²) < 4.78 is 24.8. The van der Waals surface area contributed by atoms with Gasteiger partial charge >= 0.3 is 0 Å². The van der Waals surface area contributed by atoms with E-state index in [2.05, 4.69) is 10.2 Å². The summed E-state index contributed by atoms with van der Waals surface area (Å²) in [4.78, 5) is 14.4. The van der Waals surface area contributed by atoms with E-state index in [1.54, 1.807) is 0 Å². The van der Waals surface area contributed by atoms with Gasteiger partial charge in [-0.3, -0.25) is 4.79 Å². The molecule has 7 nitrogen and oxygen atoms in total. The monoisotopic (exact) mass is 333 g/mol. The summed E-state index contributed by atoms with van der Waals surface area (Å²) in [5.74, 6) is 0.0509. The fraction of sp³-hybridized carbons (Fsp3) is 0.929. The van der Waals surface area contributed by atoms with Crippen LogP contribution in [0.1, 0.15) is 25.7 Å². The van der Waals surface area contributed by atoms with Gasteiger partial charge in [0, 0.05) is 33.7 Å². The fourth-order valence-electron chi connectivity index (χ4n) is 3.37. The highest BCUT2D eigenvalue weighted by Crippen LogP contribution is 2.37. The molecule has 2 heterocycles. The number of hydrogen-bond donors (Lipinski definition) is 2. The summed E-state index contributed by atoms with van der Waals surface area (Å²) in [5, 5.41) is 13.2. The molecule has 2 aliphatic rings. The Labute approximate surface area is 132 Å². The number of aliphatic hydroxyl groups excluding tert-OH is 1. The Hall–Kier alpha value is -0.700. The Morgan fingerprint density at radius 2 is 2.18 bits per heavy atom. The molecule has 0 aromatic heterocycles. The molecule has 2 fully saturated rings. The first-order valence-electron chi connectivity index (χ1n) is 7.87. The van der Waals surface area contributed by atoms with Gasteiger partial charge in [0.15, 0.2) is 0 Å². The third kappa shape index (κ3) is 3.61. The van der Waals surface area contributed by atoms with Crippen molar-refractivity contribution in [3.63, 3.8) is 0 Å². The highest BCUT2D eigenvalue weighted by molar-refractivity contribution is 7.89. The number of rotatable bonds is 5. The lowest BCUT2D eigenvalue weighted by Gasteiger charge is -2.47. The smallest absolute Gasteiger partial charge is 0.230 e. The van der Waals surface area contributed by atoms with Crippen LogP contribution in [0.4, 0.5) is 0 Å². The molecular formula is C14H27N3O4S. The second-order valence-corrected chi connectivity index (χ2v) is 8.85. The maximum atomic E-state index is 12.2. The average Bonchev–Trinajstić information content (AvgIpc) is 2.45. The van der Waals surface area contributed by atoms with Crippen molar-refractivity contribution in [3.8, 4) is 0 Å². The molecule has 0 aromatic carbocycles. The van der Waals surface area contributed by atoms with Crippen molar-refractivity contribution in [2.24, 2.45) is 5.41 Å². The van der Waals surface area contributed by atoms with Gasteiger partial charge in [0.2, 0.25) is 15.9 Å². The van der Waals surface area contributed by atoms with Crippen LogP contribution in [0, 0.1) is 5.41 Å². The number of aliphatic hydroxyl groups is 1. The Balaban J connectivity index is 1.92. The highest BCUT2D eigenvalue weighted by atomic mass is 32.2. The predicted molar refractivity (Wildman–Crippen MR) is 83.8 cm³/mol. The van der Waals surface area contributed by atoms with Crippen molar-refractivity contribution in [2.75, 3.05) is 46.0 Å². The number of carbonyl (C=O) groups is 1. The fourth-order valence-corrected chi connectivity index (χ4v) is 4.23. The Bertz CT molecular complexity index is 508. The molecule has 0 radical (unpaired) electrons. The number of likely N-dealkylation sites (tertiary alicyclic amines) is 1. The summed E-state index contributed by atoms with van der Waals surface area (Å²) in [6.07, 6.45) is 2.08. The minimum atomic E-state index is -3.18. The molecule has 2 rings (SSSR count). The van der Waals surface area contributed by atoms with Crippen molar-refractivity contribution < 1.29 is 18.3 Å². The van der Waals surface area contributed by atoms with E-state index in [9.17, 15) is 18.3 Å². The minimum absolute atomic E-state index is 0.0585. The van der Waals surface area contributed by atoms with Crippen LogP contribution in [0.15, 0.2) is 0 Å². The van der Waals surface area contributed by atoms with Gasteiger partial charge in [-0.15, -0.1) is 0 Å². The average molecular weight is 333 g/mol. The lowest BCUT2D eigenvalue weighted by atomic mass is 9.71. The third-order valence-electron chi connectivity index (χ3n) is 4.83. The molecule has 128 valence electrons. The van der Waals surface area contributed by atoms with E-state index >= 15 is 0 Å². The molecule has 8 heteroatoms. The molecule has 2 aliphatic heterocycles. The van der Waals surface area contributed by atoms with Crippen LogP contribution in [0.3, 0.4) is 0 Å². The van der Waals surface area contributed by atoms with Crippen molar-refractivity contribution in [2.45, 2.75) is 31.8 Å². The standard InChI is InChI=1S/C14H27N3O4S/c1-16(2)22(20,21)10-4-8-17-9-5-12(18)14(11-17)6-3-7-15-13(14)19/h12,18H,3-11H2,1-2H3,(H,15,19)/t12-,14-/m1/s1. The van der Waals surface area contributed by atoms with Gasteiger partial charge in [0.05, 0.1) is 17.3 Å². The zero-order valence-corrected chi connectivity index (χ0v) is 14.2. The molecule has 1 amide bonds. The number of nitrogens with one attached hydrogen (secondary N) is 1. The van der Waals surface area contributed by atoms with Crippen LogP contribution in [0.25, 0.3) is 0 Å². The van der Waals surface area contributed by atoms with Gasteiger partial charge < -0.3 is 15.3 Å². The predicted octanol–water partition coefficient (Wildman–Crippen LogP) is -0.769. The van der Waals surface area contributed by atoms with Crippen LogP contribution in [0.2, 0.25) is 0 Å². The van der Waals surface area contributed by atoms with Crippen LogP contribution in [0.5, 0.6) is 0 Å². The molecule has 22 heavy (non-hydrogen) atoms. The van der Waals surface area contributed by atoms with E-state index < -0.39 is 21.5 Å². The number of carbonyl (C=O) groups excluding carboxylic acids is 1. The SMILES string of the molecule is CN(C)S(=O)(=O)CCCN1CC[C@@H](O)[C@@]2(CCCNC2=O)C1. The van der Waals surface area contributed by atoms with Crippen LogP contribution in [-0.2, 0) is 14.8 Å². The van der Waals surface area contributed by atoms with Gasteiger partial charge in [-0.1, -0.05) is 0 Å². The molecule has 0 saturated carbocycles. The molecular weight excluding hydrogens is 306 g/mol. The van der Waals surface area contributed by atoms with Gasteiger partial charge in [-0.05, 0) is 32.2 Å². The molecule has 1 spiro atoms. The molecule has 0 bridgehead atoms. The number of nitrogens with zero attached hydrogens (tertiary/aromatic N) is 2. The zero-order chi connectivity index (χ0) is 16.4. The summed E-state index contributed by atoms with van der Waals surface area (Å²) in [6, 6.07) is 0. The van der Waals surface area contributed by atoms with Crippen LogP contribution >= 0.6 is 0 Å². The molecule has 0 aromatic rings. The molecule has 0 unspecified atom stereocenters. The lowest BCUT2D eigenvalue weighted by Crippen LogP contribution is -2.61. The second-order valence-electron chi connectivity index (χ2n) is 6.55. The number of piperidine rings is 2. The Kier molecular flexibility index (Phi) is 5.47. The quantitative estimate of drug-likeness (QED) is 0.690. The topological polar surface area (TPSA) is 90.0 Å². The summed E-state index contributed by atoms with van der Waals surface area (Å²) in [5.41, 5.74) is -0.711. The van der Waals surface area contributed by atoms with E-state index in [0.29, 0.717) is 45.4 Å². The summed E-state index contributed by atoms with van der Waals surface area (Å²) >= 11 is 0. The molecule has 0 aliphatic carbocycles. The van der Waals surface area contributed by atoms with Gasteiger partial charge in [0.25, 0.3) is 0 Å². The zero-order valence-electron chi connectivity index (χ0n) is 13.4. The number of hydrogen-bond acceptors (Lipinski definition) is 5. The summed E-state index contributed by atoms with van der Waals surface area (Å²) in [6.45, 7) is 2.53. The minimum Gasteiger partial charge on any atom is -0.392 e. The van der Waals surface area contributed by atoms with E-state index in [1.807, 2.05) is 0 Å². The first kappa shape index (κ1) is 17.7. The maximum absolute atomic E-state index is 12.2. The van der Waals surface area contributed by atoms with E-state index in [-0.39, 0.29) is 11.7 Å². The van der Waals surface area contributed by atoms with Gasteiger partial charge in [-0.2, -0.15) is 0 Å². The number of amides is 1. The second kappa shape index (κ2) is 6.82. The Morgan fingerprint density at radius 1 is 1.45 bits per heavy atom. The normalized spacial score (nSPS) is 30.7. The van der Waals surface area contributed by atoms with Crippen molar-refractivity contribution in [1.29, 1.82) is 0 Å². The first-order valence-corrected chi connectivity index (χ1v) is 9.48. The highest BCUT2D eigenvalue weighted by Gasteiger charge is 2.49. The van der Waals surface area contributed by atoms with E-state index in [4.69, 9.17) is 0 Å². The maximum Gasteiger partial charge on any atom is 0.230 e. The largest absolute Gasteiger partial charge is 0.392 e.